The van der Waals surface area contributed by atoms with Crippen LogP contribution in [0.15, 0.2) is 18.6 Å². The van der Waals surface area contributed by atoms with Crippen LogP contribution in [0.25, 0.3) is 0 Å². The summed E-state index contributed by atoms with van der Waals surface area (Å²) in [5.74, 6) is 0.878. The first-order chi connectivity index (χ1) is 9.22. The molecule has 2 fully saturated rings. The van der Waals surface area contributed by atoms with Gasteiger partial charge in [-0.25, -0.2) is 9.78 Å². The van der Waals surface area contributed by atoms with Gasteiger partial charge in [0.05, 0.1) is 12.7 Å². The summed E-state index contributed by atoms with van der Waals surface area (Å²) in [6, 6.07) is 0. The van der Waals surface area contributed by atoms with Crippen molar-refractivity contribution in [3.63, 3.8) is 0 Å². The van der Waals surface area contributed by atoms with E-state index in [9.17, 15) is 4.79 Å². The fourth-order valence-electron chi connectivity index (χ4n) is 2.88. The van der Waals surface area contributed by atoms with Crippen LogP contribution in [0, 0.1) is 5.92 Å². The molecule has 3 rings (SSSR count). The van der Waals surface area contributed by atoms with Crippen LogP contribution >= 0.6 is 0 Å². The van der Waals surface area contributed by atoms with Crippen LogP contribution in [-0.4, -0.2) is 39.9 Å². The van der Waals surface area contributed by atoms with Crippen LogP contribution in [0.2, 0.25) is 0 Å². The zero-order chi connectivity index (χ0) is 13.3. The van der Waals surface area contributed by atoms with Gasteiger partial charge in [0.25, 0.3) is 0 Å². The highest BCUT2D eigenvalue weighted by molar-refractivity contribution is 5.88. The van der Waals surface area contributed by atoms with E-state index in [4.69, 9.17) is 9.84 Å². The number of hydrogen-bond acceptors (Lipinski definition) is 5. The van der Waals surface area contributed by atoms with Gasteiger partial charge in [0, 0.05) is 19.0 Å². The highest BCUT2D eigenvalue weighted by atomic mass is 16.6. The van der Waals surface area contributed by atoms with Crippen LogP contribution < -0.4 is 4.90 Å². The van der Waals surface area contributed by atoms with E-state index in [1.807, 2.05) is 0 Å². The number of nitrogens with zero attached hydrogens (tertiary/aromatic N) is 3. The second kappa shape index (κ2) is 4.77. The Morgan fingerprint density at radius 1 is 1.42 bits per heavy atom. The Morgan fingerprint density at radius 3 is 2.84 bits per heavy atom. The first-order valence-electron chi connectivity index (χ1n) is 6.60. The average molecular weight is 263 g/mol. The van der Waals surface area contributed by atoms with E-state index in [2.05, 4.69) is 9.97 Å². The maximum absolute atomic E-state index is 12.0. The van der Waals surface area contributed by atoms with Crippen LogP contribution in [0.3, 0.4) is 0 Å². The Hall–Kier alpha value is -1.69. The molecule has 0 unspecified atom stereocenters. The molecule has 1 aromatic rings. The van der Waals surface area contributed by atoms with Gasteiger partial charge in [-0.1, -0.05) is 0 Å². The zero-order valence-corrected chi connectivity index (χ0v) is 10.7. The average Bonchev–Trinajstić information content (AvgIpc) is 2.77. The first-order valence-corrected chi connectivity index (χ1v) is 6.60. The Bertz CT molecular complexity index is 457. The molecule has 1 saturated carbocycles. The molecule has 19 heavy (non-hydrogen) atoms. The quantitative estimate of drug-likeness (QED) is 0.871. The third kappa shape index (κ3) is 2.28. The van der Waals surface area contributed by atoms with Crippen molar-refractivity contribution < 1.29 is 14.6 Å². The van der Waals surface area contributed by atoms with Crippen LogP contribution in [0.1, 0.15) is 25.7 Å². The van der Waals surface area contributed by atoms with Gasteiger partial charge in [0.15, 0.2) is 5.82 Å². The van der Waals surface area contributed by atoms with Gasteiger partial charge >= 0.3 is 6.09 Å². The number of carbonyl (C=O) groups excluding carboxylic acids is 1. The molecule has 102 valence electrons. The molecule has 6 heteroatoms. The van der Waals surface area contributed by atoms with E-state index in [0.29, 0.717) is 18.3 Å². The SMILES string of the molecule is O=C1O[C@]2(CC[C@H](CO)CC2)CN1c1cnccn1. The number of hydrogen-bond donors (Lipinski definition) is 1. The molecule has 0 aromatic carbocycles. The molecule has 0 radical (unpaired) electrons. The summed E-state index contributed by atoms with van der Waals surface area (Å²) in [4.78, 5) is 21.7. The monoisotopic (exact) mass is 263 g/mol. The molecular weight excluding hydrogens is 246 g/mol. The van der Waals surface area contributed by atoms with Gasteiger partial charge in [0.1, 0.15) is 5.60 Å². The lowest BCUT2D eigenvalue weighted by atomic mass is 9.79. The van der Waals surface area contributed by atoms with Crippen molar-refractivity contribution in [2.75, 3.05) is 18.1 Å². The largest absolute Gasteiger partial charge is 0.441 e. The van der Waals surface area contributed by atoms with Gasteiger partial charge in [-0.15, -0.1) is 0 Å². The maximum Gasteiger partial charge on any atom is 0.416 e. The molecule has 0 atom stereocenters. The molecule has 1 N–H and O–H groups in total. The van der Waals surface area contributed by atoms with E-state index < -0.39 is 5.60 Å². The van der Waals surface area contributed by atoms with Crippen molar-refractivity contribution >= 4 is 11.9 Å². The second-order valence-corrected chi connectivity index (χ2v) is 5.33. The number of anilines is 1. The first kappa shape index (κ1) is 12.3. The number of ether oxygens (including phenoxy) is 1. The Balaban J connectivity index is 1.74. The fraction of sp³-hybridized carbons (Fsp3) is 0.615. The van der Waals surface area contributed by atoms with Gasteiger partial charge < -0.3 is 9.84 Å². The lowest BCUT2D eigenvalue weighted by Crippen LogP contribution is -2.39. The highest BCUT2D eigenvalue weighted by Gasteiger charge is 2.47. The minimum absolute atomic E-state index is 0.220. The minimum Gasteiger partial charge on any atom is -0.441 e. The van der Waals surface area contributed by atoms with E-state index in [1.165, 1.54) is 0 Å². The Morgan fingerprint density at radius 2 is 2.21 bits per heavy atom. The molecule has 1 aliphatic heterocycles. The predicted octanol–water partition coefficient (Wildman–Crippen LogP) is 1.35. The molecule has 6 nitrogen and oxygen atoms in total. The van der Waals surface area contributed by atoms with Crippen molar-refractivity contribution in [1.29, 1.82) is 0 Å². The summed E-state index contributed by atoms with van der Waals surface area (Å²) < 4.78 is 5.59. The molecule has 1 aromatic heterocycles. The Labute approximate surface area is 111 Å². The van der Waals surface area contributed by atoms with Crippen LogP contribution in [0.4, 0.5) is 10.6 Å². The molecule has 2 aliphatic rings. The van der Waals surface area contributed by atoms with E-state index in [0.717, 1.165) is 25.7 Å². The second-order valence-electron chi connectivity index (χ2n) is 5.33. The number of aromatic nitrogens is 2. The fourth-order valence-corrected chi connectivity index (χ4v) is 2.88. The smallest absolute Gasteiger partial charge is 0.416 e. The number of carbonyl (C=O) groups is 1. The highest BCUT2D eigenvalue weighted by Crippen LogP contribution is 2.40. The summed E-state index contributed by atoms with van der Waals surface area (Å²) in [6.07, 6.45) is 7.78. The Kier molecular flexibility index (Phi) is 3.10. The normalized spacial score (nSPS) is 30.7. The van der Waals surface area contributed by atoms with Crippen LogP contribution in [-0.2, 0) is 4.74 Å². The lowest BCUT2D eigenvalue weighted by Gasteiger charge is -2.34. The topological polar surface area (TPSA) is 75.6 Å². The van der Waals surface area contributed by atoms with Gasteiger partial charge in [-0.2, -0.15) is 0 Å². The molecule has 1 amide bonds. The number of amides is 1. The van der Waals surface area contributed by atoms with E-state index in [-0.39, 0.29) is 12.7 Å². The van der Waals surface area contributed by atoms with Gasteiger partial charge in [-0.3, -0.25) is 9.88 Å². The molecule has 2 heterocycles. The number of aliphatic hydroxyl groups is 1. The predicted molar refractivity (Wildman–Crippen MR) is 67.6 cm³/mol. The summed E-state index contributed by atoms with van der Waals surface area (Å²) in [7, 11) is 0. The van der Waals surface area contributed by atoms with Crippen molar-refractivity contribution in [3.05, 3.63) is 18.6 Å². The molecule has 1 spiro atoms. The third-order valence-electron chi connectivity index (χ3n) is 4.07. The summed E-state index contributed by atoms with van der Waals surface area (Å²) in [6.45, 7) is 0.751. The molecule has 1 aliphatic carbocycles. The van der Waals surface area contributed by atoms with Crippen molar-refractivity contribution in [3.8, 4) is 0 Å². The molecule has 1 saturated heterocycles. The van der Waals surface area contributed by atoms with Gasteiger partial charge in [-0.05, 0) is 31.6 Å². The summed E-state index contributed by atoms with van der Waals surface area (Å²) in [5, 5.41) is 9.17. The third-order valence-corrected chi connectivity index (χ3v) is 4.07. The number of aliphatic hydroxyl groups excluding tert-OH is 1. The number of rotatable bonds is 2. The zero-order valence-electron chi connectivity index (χ0n) is 10.7. The molecule has 0 bridgehead atoms. The van der Waals surface area contributed by atoms with Gasteiger partial charge in [0.2, 0.25) is 0 Å². The van der Waals surface area contributed by atoms with Crippen molar-refractivity contribution in [1.82, 2.24) is 9.97 Å². The van der Waals surface area contributed by atoms with E-state index >= 15 is 0 Å². The summed E-state index contributed by atoms with van der Waals surface area (Å²) in [5.41, 5.74) is -0.403. The summed E-state index contributed by atoms with van der Waals surface area (Å²) >= 11 is 0. The molecular formula is C13H17N3O3. The lowest BCUT2D eigenvalue weighted by molar-refractivity contribution is 0.00557. The standard InChI is InChI=1S/C13H17N3O3/c17-8-10-1-3-13(4-2-10)9-16(12(18)19-13)11-7-14-5-6-15-11/h5-7,10,17H,1-4,8-9H2/t10-,13-. The minimum atomic E-state index is -0.403. The van der Waals surface area contributed by atoms with Crippen molar-refractivity contribution in [2.24, 2.45) is 5.92 Å². The van der Waals surface area contributed by atoms with E-state index in [1.54, 1.807) is 23.5 Å². The van der Waals surface area contributed by atoms with Crippen molar-refractivity contribution in [2.45, 2.75) is 31.3 Å². The van der Waals surface area contributed by atoms with Crippen LogP contribution in [0.5, 0.6) is 0 Å². The maximum atomic E-state index is 12.0.